The van der Waals surface area contributed by atoms with Crippen LogP contribution in [-0.4, -0.2) is 19.0 Å². The van der Waals surface area contributed by atoms with Gasteiger partial charge in [0.25, 0.3) is 0 Å². The van der Waals surface area contributed by atoms with E-state index in [2.05, 4.69) is 4.99 Å². The van der Waals surface area contributed by atoms with Crippen molar-refractivity contribution in [3.05, 3.63) is 70.9 Å². The van der Waals surface area contributed by atoms with E-state index in [1.165, 1.54) is 0 Å². The molecule has 0 N–H and O–H groups in total. The molecule has 3 rings (SSSR count). The molecule has 0 radical (unpaired) electrons. The quantitative estimate of drug-likeness (QED) is 0.645. The fraction of sp³-hybridized carbons (Fsp3) is 0.0556. The van der Waals surface area contributed by atoms with Crippen molar-refractivity contribution in [3.63, 3.8) is 0 Å². The molecule has 0 spiro atoms. The van der Waals surface area contributed by atoms with Gasteiger partial charge in [0.05, 0.1) is 18.7 Å². The average molecular weight is 304 g/mol. The normalized spacial score (nSPS) is 15.0. The fourth-order valence-electron chi connectivity index (χ4n) is 2.10. The molecule has 0 saturated carbocycles. The molecule has 2 aromatic carbocycles. The van der Waals surface area contributed by atoms with E-state index >= 15 is 0 Å². The summed E-state index contributed by atoms with van der Waals surface area (Å²) in [6.07, 6.45) is 1.62. The SMILES string of the molecule is COc1cccc(C2=N/C(=C\c3ccc(C#N)cc3)C(=O)O2)c1. The van der Waals surface area contributed by atoms with Gasteiger partial charge in [0, 0.05) is 5.56 Å². The molecule has 112 valence electrons. The first-order valence-corrected chi connectivity index (χ1v) is 6.87. The maximum Gasteiger partial charge on any atom is 0.363 e. The van der Waals surface area contributed by atoms with Crippen molar-refractivity contribution in [1.29, 1.82) is 5.26 Å². The number of nitrogens with zero attached hydrogens (tertiary/aromatic N) is 2. The van der Waals surface area contributed by atoms with Gasteiger partial charge < -0.3 is 9.47 Å². The minimum atomic E-state index is -0.507. The Bertz CT molecular complexity index is 859. The summed E-state index contributed by atoms with van der Waals surface area (Å²) in [5.41, 5.74) is 2.21. The number of hydrogen-bond acceptors (Lipinski definition) is 5. The predicted molar refractivity (Wildman–Crippen MR) is 84.8 cm³/mol. The maximum absolute atomic E-state index is 12.0. The summed E-state index contributed by atoms with van der Waals surface area (Å²) in [4.78, 5) is 16.2. The van der Waals surface area contributed by atoms with E-state index in [0.717, 1.165) is 5.56 Å². The van der Waals surface area contributed by atoms with Crippen LogP contribution >= 0.6 is 0 Å². The molecule has 1 heterocycles. The van der Waals surface area contributed by atoms with Gasteiger partial charge in [0.2, 0.25) is 5.90 Å². The highest BCUT2D eigenvalue weighted by atomic mass is 16.6. The lowest BCUT2D eigenvalue weighted by atomic mass is 10.1. The number of hydrogen-bond donors (Lipinski definition) is 0. The zero-order chi connectivity index (χ0) is 16.2. The molecule has 0 atom stereocenters. The monoisotopic (exact) mass is 304 g/mol. The largest absolute Gasteiger partial charge is 0.497 e. The summed E-state index contributed by atoms with van der Waals surface area (Å²) in [7, 11) is 1.57. The highest BCUT2D eigenvalue weighted by molar-refractivity contribution is 6.12. The molecule has 0 aliphatic carbocycles. The van der Waals surface area contributed by atoms with Crippen molar-refractivity contribution in [2.24, 2.45) is 4.99 Å². The van der Waals surface area contributed by atoms with E-state index in [9.17, 15) is 4.79 Å². The zero-order valence-corrected chi connectivity index (χ0v) is 12.3. The topological polar surface area (TPSA) is 71.7 Å². The van der Waals surface area contributed by atoms with Crippen LogP contribution in [0.2, 0.25) is 0 Å². The lowest BCUT2D eigenvalue weighted by molar-refractivity contribution is -0.129. The van der Waals surface area contributed by atoms with E-state index in [-0.39, 0.29) is 11.6 Å². The van der Waals surface area contributed by atoms with Crippen LogP contribution < -0.4 is 4.74 Å². The van der Waals surface area contributed by atoms with Crippen LogP contribution in [0.25, 0.3) is 6.08 Å². The van der Waals surface area contributed by atoms with E-state index in [4.69, 9.17) is 14.7 Å². The number of benzene rings is 2. The molecular weight excluding hydrogens is 292 g/mol. The lowest BCUT2D eigenvalue weighted by Gasteiger charge is -2.02. The Morgan fingerprint density at radius 2 is 2.00 bits per heavy atom. The van der Waals surface area contributed by atoms with Gasteiger partial charge in [-0.05, 0) is 42.0 Å². The smallest absolute Gasteiger partial charge is 0.363 e. The number of carbonyl (C=O) groups is 1. The highest BCUT2D eigenvalue weighted by Crippen LogP contribution is 2.21. The molecule has 0 saturated heterocycles. The summed E-state index contributed by atoms with van der Waals surface area (Å²) in [6.45, 7) is 0. The Labute approximate surface area is 133 Å². The molecule has 0 aromatic heterocycles. The van der Waals surface area contributed by atoms with Crippen molar-refractivity contribution in [2.75, 3.05) is 7.11 Å². The van der Waals surface area contributed by atoms with Gasteiger partial charge in [-0.15, -0.1) is 0 Å². The first-order chi connectivity index (χ1) is 11.2. The zero-order valence-electron chi connectivity index (χ0n) is 12.3. The number of rotatable bonds is 3. The van der Waals surface area contributed by atoms with Gasteiger partial charge in [-0.2, -0.15) is 5.26 Å². The first kappa shape index (κ1) is 14.5. The van der Waals surface area contributed by atoms with E-state index in [1.54, 1.807) is 61.7 Å². The molecule has 2 aromatic rings. The maximum atomic E-state index is 12.0. The van der Waals surface area contributed by atoms with Crippen molar-refractivity contribution in [1.82, 2.24) is 0 Å². The molecule has 0 amide bonds. The summed E-state index contributed by atoms with van der Waals surface area (Å²) in [5, 5.41) is 8.79. The third-order valence-corrected chi connectivity index (χ3v) is 3.28. The van der Waals surface area contributed by atoms with Gasteiger partial charge in [-0.25, -0.2) is 9.79 Å². The van der Waals surface area contributed by atoms with Crippen molar-refractivity contribution >= 4 is 17.9 Å². The van der Waals surface area contributed by atoms with Crippen LogP contribution in [-0.2, 0) is 9.53 Å². The standard InChI is InChI=1S/C18H12N2O3/c1-22-15-4-2-3-14(10-15)17-20-16(18(21)23-17)9-12-5-7-13(11-19)8-6-12/h2-10H,1H3/b16-9-. The number of ether oxygens (including phenoxy) is 2. The molecule has 0 fully saturated rings. The molecule has 0 unspecified atom stereocenters. The second-order valence-corrected chi connectivity index (χ2v) is 4.80. The number of carbonyl (C=O) groups excluding carboxylic acids is 1. The fourth-order valence-corrected chi connectivity index (χ4v) is 2.10. The van der Waals surface area contributed by atoms with Crippen molar-refractivity contribution in [2.45, 2.75) is 0 Å². The van der Waals surface area contributed by atoms with Crippen molar-refractivity contribution in [3.8, 4) is 11.8 Å². The summed E-state index contributed by atoms with van der Waals surface area (Å²) in [5.74, 6) is 0.395. The summed E-state index contributed by atoms with van der Waals surface area (Å²) >= 11 is 0. The number of aliphatic imine (C=N–C) groups is 1. The minimum absolute atomic E-state index is 0.215. The van der Waals surface area contributed by atoms with Crippen LogP contribution in [0.4, 0.5) is 0 Å². The Morgan fingerprint density at radius 1 is 1.22 bits per heavy atom. The number of methoxy groups -OCH3 is 1. The number of esters is 1. The van der Waals surface area contributed by atoms with Gasteiger partial charge in [0.1, 0.15) is 5.75 Å². The minimum Gasteiger partial charge on any atom is -0.497 e. The Kier molecular flexibility index (Phi) is 3.89. The van der Waals surface area contributed by atoms with Crippen molar-refractivity contribution < 1.29 is 14.3 Å². The van der Waals surface area contributed by atoms with Crippen LogP contribution in [0, 0.1) is 11.3 Å². The van der Waals surface area contributed by atoms with Gasteiger partial charge >= 0.3 is 5.97 Å². The third-order valence-electron chi connectivity index (χ3n) is 3.28. The third kappa shape index (κ3) is 3.11. The van der Waals surface area contributed by atoms with Gasteiger partial charge in [0.15, 0.2) is 5.70 Å². The predicted octanol–water partition coefficient (Wildman–Crippen LogP) is 2.91. The van der Waals surface area contributed by atoms with Crippen LogP contribution in [0.3, 0.4) is 0 Å². The van der Waals surface area contributed by atoms with Crippen LogP contribution in [0.15, 0.2) is 59.2 Å². The Balaban J connectivity index is 1.91. The summed E-state index contributed by atoms with van der Waals surface area (Å²) in [6, 6.07) is 16.0. The molecule has 1 aliphatic rings. The molecular formula is C18H12N2O3. The van der Waals surface area contributed by atoms with E-state index in [0.29, 0.717) is 16.9 Å². The van der Waals surface area contributed by atoms with Crippen LogP contribution in [0.5, 0.6) is 5.75 Å². The Morgan fingerprint density at radius 3 is 2.70 bits per heavy atom. The lowest BCUT2D eigenvalue weighted by Crippen LogP contribution is -2.05. The van der Waals surface area contributed by atoms with Gasteiger partial charge in [-0.3, -0.25) is 0 Å². The first-order valence-electron chi connectivity index (χ1n) is 6.87. The second-order valence-electron chi connectivity index (χ2n) is 4.80. The summed E-state index contributed by atoms with van der Waals surface area (Å²) < 4.78 is 10.4. The average Bonchev–Trinajstić information content (AvgIpc) is 2.96. The van der Waals surface area contributed by atoms with E-state index < -0.39 is 5.97 Å². The molecule has 5 heteroatoms. The Hall–Kier alpha value is -3.39. The molecule has 23 heavy (non-hydrogen) atoms. The van der Waals surface area contributed by atoms with E-state index in [1.807, 2.05) is 6.07 Å². The molecule has 0 bridgehead atoms. The van der Waals surface area contributed by atoms with Gasteiger partial charge in [-0.1, -0.05) is 18.2 Å². The molecule has 5 nitrogen and oxygen atoms in total. The molecule has 1 aliphatic heterocycles. The van der Waals surface area contributed by atoms with Crippen LogP contribution in [0.1, 0.15) is 16.7 Å². The number of cyclic esters (lactones) is 1. The number of nitriles is 1. The highest BCUT2D eigenvalue weighted by Gasteiger charge is 2.24. The second kappa shape index (κ2) is 6.16.